The number of anilines is 1. The second kappa shape index (κ2) is 9.03. The van der Waals surface area contributed by atoms with Gasteiger partial charge in [-0.15, -0.1) is 0 Å². The van der Waals surface area contributed by atoms with Crippen LogP contribution in [-0.4, -0.2) is 56.5 Å². The van der Waals surface area contributed by atoms with Gasteiger partial charge >= 0.3 is 0 Å². The highest BCUT2D eigenvalue weighted by Crippen LogP contribution is 2.31. The van der Waals surface area contributed by atoms with E-state index in [4.69, 9.17) is 0 Å². The Labute approximate surface area is 156 Å². The number of nitrogens with one attached hydrogen (secondary N) is 3. The third-order valence-corrected chi connectivity index (χ3v) is 5.31. The zero-order chi connectivity index (χ0) is 18.4. The van der Waals surface area contributed by atoms with E-state index >= 15 is 0 Å². The number of rotatable bonds is 6. The Hall–Kier alpha value is -2.08. The summed E-state index contributed by atoms with van der Waals surface area (Å²) >= 11 is 0. The number of fused-ring (bicyclic) bond motifs is 1. The zero-order valence-corrected chi connectivity index (χ0v) is 15.9. The molecule has 0 bridgehead atoms. The molecule has 1 aromatic carbocycles. The van der Waals surface area contributed by atoms with E-state index in [1.807, 2.05) is 18.2 Å². The van der Waals surface area contributed by atoms with Crippen molar-refractivity contribution in [2.75, 3.05) is 45.1 Å². The van der Waals surface area contributed by atoms with Crippen molar-refractivity contribution >= 4 is 17.6 Å². The van der Waals surface area contributed by atoms with Crippen LogP contribution in [0.3, 0.4) is 0 Å². The fourth-order valence-corrected chi connectivity index (χ4v) is 3.96. The van der Waals surface area contributed by atoms with Crippen molar-refractivity contribution in [3.05, 3.63) is 29.8 Å². The smallest absolute Gasteiger partial charge is 0.225 e. The molecule has 2 aliphatic rings. The number of nitrogens with zero attached hydrogens (tertiary/aromatic N) is 2. The molecule has 6 heteroatoms. The molecule has 26 heavy (non-hydrogen) atoms. The predicted molar refractivity (Wildman–Crippen MR) is 107 cm³/mol. The van der Waals surface area contributed by atoms with Gasteiger partial charge in [0.2, 0.25) is 5.91 Å². The highest BCUT2D eigenvalue weighted by molar-refractivity contribution is 5.94. The van der Waals surface area contributed by atoms with Crippen LogP contribution >= 0.6 is 0 Å². The Kier molecular flexibility index (Phi) is 6.50. The van der Waals surface area contributed by atoms with Crippen molar-refractivity contribution in [3.8, 4) is 0 Å². The van der Waals surface area contributed by atoms with Crippen LogP contribution in [0.4, 0.5) is 5.69 Å². The van der Waals surface area contributed by atoms with Gasteiger partial charge in [0, 0.05) is 44.7 Å². The molecule has 2 heterocycles. The van der Waals surface area contributed by atoms with E-state index in [1.54, 1.807) is 7.05 Å². The van der Waals surface area contributed by atoms with E-state index in [2.05, 4.69) is 38.8 Å². The van der Waals surface area contributed by atoms with Crippen LogP contribution in [0.1, 0.15) is 37.7 Å². The molecule has 3 rings (SSSR count). The van der Waals surface area contributed by atoms with Crippen molar-refractivity contribution in [3.63, 3.8) is 0 Å². The van der Waals surface area contributed by atoms with Crippen molar-refractivity contribution < 1.29 is 4.79 Å². The average molecular weight is 358 g/mol. The predicted octanol–water partition coefficient (Wildman–Crippen LogP) is 2.01. The minimum atomic E-state index is 0.0837. The number of carbonyl (C=O) groups excluding carboxylic acids is 1. The van der Waals surface area contributed by atoms with Crippen LogP contribution in [0.25, 0.3) is 0 Å². The lowest BCUT2D eigenvalue weighted by molar-refractivity contribution is -0.116. The molecule has 142 valence electrons. The van der Waals surface area contributed by atoms with Gasteiger partial charge in [0.25, 0.3) is 0 Å². The van der Waals surface area contributed by atoms with Gasteiger partial charge in [-0.1, -0.05) is 25.1 Å². The second-order valence-corrected chi connectivity index (χ2v) is 7.33. The first-order valence-corrected chi connectivity index (χ1v) is 9.75. The molecule has 0 saturated carbocycles. The van der Waals surface area contributed by atoms with Gasteiger partial charge in [0.05, 0.1) is 0 Å². The Balaban J connectivity index is 1.48. The van der Waals surface area contributed by atoms with Crippen LogP contribution < -0.4 is 16.0 Å². The van der Waals surface area contributed by atoms with Gasteiger partial charge in [-0.25, -0.2) is 0 Å². The number of benzene rings is 1. The Bertz CT molecular complexity index is 645. The number of amides is 1. The van der Waals surface area contributed by atoms with Crippen LogP contribution in [0, 0.1) is 5.92 Å². The van der Waals surface area contributed by atoms with Crippen LogP contribution in [0.5, 0.6) is 0 Å². The standard InChI is InChI=1S/C20H31N5O/c1-3-9-25-10-8-15(14-25)12-22-20(21-2)23-13-16-11-19(26)24-18-7-5-4-6-17(16)18/h4-7,15-16H,3,8-14H2,1-2H3,(H,24,26)(H2,21,22,23). The lowest BCUT2D eigenvalue weighted by Gasteiger charge is -2.26. The molecule has 2 atom stereocenters. The molecular formula is C20H31N5O. The average Bonchev–Trinajstić information content (AvgIpc) is 3.09. The zero-order valence-electron chi connectivity index (χ0n) is 15.9. The molecule has 0 spiro atoms. The molecule has 2 aliphatic heterocycles. The highest BCUT2D eigenvalue weighted by atomic mass is 16.1. The molecule has 0 aliphatic carbocycles. The third-order valence-electron chi connectivity index (χ3n) is 5.31. The summed E-state index contributed by atoms with van der Waals surface area (Å²) in [5.74, 6) is 1.76. The fourth-order valence-electron chi connectivity index (χ4n) is 3.96. The molecule has 6 nitrogen and oxygen atoms in total. The first-order valence-electron chi connectivity index (χ1n) is 9.75. The molecule has 1 saturated heterocycles. The molecule has 1 amide bonds. The number of carbonyl (C=O) groups is 1. The topological polar surface area (TPSA) is 68.8 Å². The van der Waals surface area contributed by atoms with E-state index in [0.29, 0.717) is 18.9 Å². The van der Waals surface area contributed by atoms with Crippen molar-refractivity contribution in [1.29, 1.82) is 0 Å². The second-order valence-electron chi connectivity index (χ2n) is 7.33. The summed E-state index contributed by atoms with van der Waals surface area (Å²) in [6.07, 6.45) is 2.98. The van der Waals surface area contributed by atoms with Crippen LogP contribution in [0.2, 0.25) is 0 Å². The van der Waals surface area contributed by atoms with E-state index in [9.17, 15) is 4.79 Å². The first kappa shape index (κ1) is 18.7. The molecule has 0 aromatic heterocycles. The van der Waals surface area contributed by atoms with Crippen LogP contribution in [-0.2, 0) is 4.79 Å². The number of para-hydroxylation sites is 1. The summed E-state index contributed by atoms with van der Waals surface area (Å²) in [4.78, 5) is 18.8. The molecular weight excluding hydrogens is 326 g/mol. The third kappa shape index (κ3) is 4.75. The summed E-state index contributed by atoms with van der Waals surface area (Å²) in [5, 5.41) is 9.82. The number of hydrogen-bond donors (Lipinski definition) is 3. The number of guanidine groups is 1. The number of hydrogen-bond acceptors (Lipinski definition) is 3. The quantitative estimate of drug-likeness (QED) is 0.538. The molecule has 1 fully saturated rings. The number of aliphatic imine (C=N–C) groups is 1. The van der Waals surface area contributed by atoms with E-state index < -0.39 is 0 Å². The van der Waals surface area contributed by atoms with Gasteiger partial charge < -0.3 is 20.9 Å². The van der Waals surface area contributed by atoms with Crippen molar-refractivity contribution in [2.24, 2.45) is 10.9 Å². The summed E-state index contributed by atoms with van der Waals surface area (Å²) in [5.41, 5.74) is 2.13. The maximum absolute atomic E-state index is 11.9. The monoisotopic (exact) mass is 357 g/mol. The molecule has 3 N–H and O–H groups in total. The SMILES string of the molecule is CCCN1CCC(CNC(=NC)NCC2CC(=O)Nc3ccccc32)C1. The molecule has 0 radical (unpaired) electrons. The Morgan fingerprint density at radius 3 is 2.92 bits per heavy atom. The van der Waals surface area contributed by atoms with E-state index in [1.165, 1.54) is 38.0 Å². The minimum absolute atomic E-state index is 0.0837. The number of likely N-dealkylation sites (tertiary alicyclic amines) is 1. The van der Waals surface area contributed by atoms with E-state index in [-0.39, 0.29) is 11.8 Å². The summed E-state index contributed by atoms with van der Waals surface area (Å²) < 4.78 is 0. The fraction of sp³-hybridized carbons (Fsp3) is 0.600. The van der Waals surface area contributed by atoms with Gasteiger partial charge in [-0.2, -0.15) is 0 Å². The minimum Gasteiger partial charge on any atom is -0.356 e. The molecule has 2 unspecified atom stereocenters. The maximum Gasteiger partial charge on any atom is 0.225 e. The normalized spacial score (nSPS) is 23.5. The van der Waals surface area contributed by atoms with Gasteiger partial charge in [-0.3, -0.25) is 9.79 Å². The maximum atomic E-state index is 11.9. The van der Waals surface area contributed by atoms with Crippen LogP contribution in [0.15, 0.2) is 29.3 Å². The lowest BCUT2D eigenvalue weighted by Crippen LogP contribution is -2.42. The van der Waals surface area contributed by atoms with Gasteiger partial charge in [-0.05, 0) is 43.5 Å². The Morgan fingerprint density at radius 1 is 1.31 bits per heavy atom. The van der Waals surface area contributed by atoms with Gasteiger partial charge in [0.1, 0.15) is 0 Å². The first-order chi connectivity index (χ1) is 12.7. The molecule has 1 aromatic rings. The summed E-state index contributed by atoms with van der Waals surface area (Å²) in [6.45, 7) is 7.47. The summed E-state index contributed by atoms with van der Waals surface area (Å²) in [6, 6.07) is 8.05. The van der Waals surface area contributed by atoms with E-state index in [0.717, 1.165) is 18.2 Å². The highest BCUT2D eigenvalue weighted by Gasteiger charge is 2.25. The van der Waals surface area contributed by atoms with Crippen molar-refractivity contribution in [1.82, 2.24) is 15.5 Å². The van der Waals surface area contributed by atoms with Crippen molar-refractivity contribution in [2.45, 2.75) is 32.1 Å². The Morgan fingerprint density at radius 2 is 2.12 bits per heavy atom. The summed E-state index contributed by atoms with van der Waals surface area (Å²) in [7, 11) is 1.80. The van der Waals surface area contributed by atoms with Gasteiger partial charge in [0.15, 0.2) is 5.96 Å². The lowest BCUT2D eigenvalue weighted by atomic mass is 9.90. The largest absolute Gasteiger partial charge is 0.356 e.